The van der Waals surface area contributed by atoms with Crippen molar-refractivity contribution in [1.82, 2.24) is 15.5 Å². The fourth-order valence-electron chi connectivity index (χ4n) is 2.67. The van der Waals surface area contributed by atoms with Crippen LogP contribution in [0.15, 0.2) is 30.3 Å². The first-order valence-electron chi connectivity index (χ1n) is 8.14. The normalized spacial score (nSPS) is 12.8. The molecular formula is C18H16F4N4O2. The van der Waals surface area contributed by atoms with Gasteiger partial charge in [-0.15, -0.1) is 0 Å². The van der Waals surface area contributed by atoms with Crippen LogP contribution in [-0.2, 0) is 0 Å². The third-order valence-electron chi connectivity index (χ3n) is 4.19. The number of H-pyrrole nitrogens is 1. The van der Waals surface area contributed by atoms with Gasteiger partial charge in [0.2, 0.25) is 0 Å². The lowest BCUT2D eigenvalue weighted by Gasteiger charge is -2.19. The molecule has 0 saturated carbocycles. The number of halogens is 4. The van der Waals surface area contributed by atoms with E-state index in [0.717, 1.165) is 13.0 Å². The van der Waals surface area contributed by atoms with Crippen LogP contribution in [0.25, 0.3) is 22.0 Å². The fraction of sp³-hybridized carbons (Fsp3) is 0.222. The molecule has 3 rings (SSSR count). The zero-order chi connectivity index (χ0) is 20.6. The second-order valence-electron chi connectivity index (χ2n) is 6.08. The van der Waals surface area contributed by atoms with E-state index in [1.807, 2.05) is 0 Å². The minimum Gasteiger partial charge on any atom is -0.480 e. The van der Waals surface area contributed by atoms with Crippen molar-refractivity contribution in [3.05, 3.63) is 41.7 Å². The van der Waals surface area contributed by atoms with Crippen LogP contribution in [0.2, 0.25) is 0 Å². The predicted octanol–water partition coefficient (Wildman–Crippen LogP) is 3.64. The number of nitrogens with two attached hydrogens (primary N) is 1. The summed E-state index contributed by atoms with van der Waals surface area (Å²) in [6.07, 6.45) is -6.67. The van der Waals surface area contributed by atoms with Crippen LogP contribution in [0, 0.1) is 5.82 Å². The van der Waals surface area contributed by atoms with E-state index < -0.39 is 24.0 Å². The summed E-state index contributed by atoms with van der Waals surface area (Å²) < 4.78 is 58.1. The molecule has 0 fully saturated rings. The molecule has 0 aliphatic heterocycles. The summed E-state index contributed by atoms with van der Waals surface area (Å²) in [5, 5.41) is 8.92. The average Bonchev–Trinajstić information content (AvgIpc) is 3.01. The van der Waals surface area contributed by atoms with Gasteiger partial charge in [0.05, 0.1) is 16.5 Å². The van der Waals surface area contributed by atoms with Gasteiger partial charge in [-0.1, -0.05) is 6.07 Å². The summed E-state index contributed by atoms with van der Waals surface area (Å²) in [5.74, 6) is -1.53. The van der Waals surface area contributed by atoms with E-state index >= 15 is 0 Å². The molecule has 148 valence electrons. The largest absolute Gasteiger partial charge is 0.480 e. The van der Waals surface area contributed by atoms with Crippen molar-refractivity contribution in [2.75, 3.05) is 12.8 Å². The number of alkyl halides is 3. The highest BCUT2D eigenvalue weighted by atomic mass is 19.4. The summed E-state index contributed by atoms with van der Waals surface area (Å²) in [7, 11) is 1.37. The Balaban J connectivity index is 2.10. The SMILES string of the molecule is CNC(=O)c1ccc(-c2cc(O[C@H](C)C(F)(F)F)c3c(N)n[nH]c3c2)cc1F. The highest BCUT2D eigenvalue weighted by Crippen LogP contribution is 2.37. The zero-order valence-electron chi connectivity index (χ0n) is 14.8. The number of hydrogen-bond acceptors (Lipinski definition) is 4. The lowest BCUT2D eigenvalue weighted by molar-refractivity contribution is -0.188. The van der Waals surface area contributed by atoms with Crippen molar-refractivity contribution in [2.24, 2.45) is 0 Å². The quantitative estimate of drug-likeness (QED) is 0.587. The Morgan fingerprint density at radius 1 is 1.25 bits per heavy atom. The molecule has 3 aromatic rings. The molecule has 0 bridgehead atoms. The monoisotopic (exact) mass is 396 g/mol. The van der Waals surface area contributed by atoms with Crippen molar-refractivity contribution in [3.8, 4) is 16.9 Å². The minimum absolute atomic E-state index is 0.0212. The highest BCUT2D eigenvalue weighted by Gasteiger charge is 2.38. The molecule has 2 aromatic carbocycles. The van der Waals surface area contributed by atoms with Gasteiger partial charge in [-0.3, -0.25) is 9.89 Å². The van der Waals surface area contributed by atoms with E-state index in [1.165, 1.54) is 25.2 Å². The van der Waals surface area contributed by atoms with E-state index in [2.05, 4.69) is 15.5 Å². The van der Waals surface area contributed by atoms with Gasteiger partial charge in [-0.25, -0.2) is 4.39 Å². The van der Waals surface area contributed by atoms with Gasteiger partial charge in [-0.05, 0) is 42.3 Å². The van der Waals surface area contributed by atoms with Crippen LogP contribution < -0.4 is 15.8 Å². The molecule has 0 unspecified atom stereocenters. The predicted molar refractivity (Wildman–Crippen MR) is 95.4 cm³/mol. The van der Waals surface area contributed by atoms with Gasteiger partial charge in [0, 0.05) is 7.05 Å². The Kier molecular flexibility index (Phi) is 4.88. The van der Waals surface area contributed by atoms with Gasteiger partial charge in [-0.2, -0.15) is 18.3 Å². The number of ether oxygens (including phenoxy) is 1. The molecule has 0 spiro atoms. The van der Waals surface area contributed by atoms with Crippen molar-refractivity contribution in [1.29, 1.82) is 0 Å². The summed E-state index contributed by atoms with van der Waals surface area (Å²) in [6, 6.07) is 6.75. The van der Waals surface area contributed by atoms with Gasteiger partial charge < -0.3 is 15.8 Å². The molecule has 1 amide bonds. The fourth-order valence-corrected chi connectivity index (χ4v) is 2.67. The van der Waals surface area contributed by atoms with E-state index in [0.29, 0.717) is 16.6 Å². The van der Waals surface area contributed by atoms with Gasteiger partial charge in [0.15, 0.2) is 11.9 Å². The first kappa shape index (κ1) is 19.5. The molecule has 0 aliphatic carbocycles. The van der Waals surface area contributed by atoms with Crippen molar-refractivity contribution in [3.63, 3.8) is 0 Å². The Hall–Kier alpha value is -3.30. The Morgan fingerprint density at radius 2 is 1.96 bits per heavy atom. The number of carbonyl (C=O) groups excluding carboxylic acids is 1. The second kappa shape index (κ2) is 7.02. The van der Waals surface area contributed by atoms with Crippen LogP contribution in [0.1, 0.15) is 17.3 Å². The molecule has 0 radical (unpaired) electrons. The molecule has 1 heterocycles. The molecular weight excluding hydrogens is 380 g/mol. The van der Waals surface area contributed by atoms with Crippen LogP contribution >= 0.6 is 0 Å². The van der Waals surface area contributed by atoms with Gasteiger partial charge in [0.1, 0.15) is 11.6 Å². The van der Waals surface area contributed by atoms with Crippen molar-refractivity contribution in [2.45, 2.75) is 19.2 Å². The topological polar surface area (TPSA) is 93.0 Å². The van der Waals surface area contributed by atoms with Crippen molar-refractivity contribution >= 4 is 22.6 Å². The summed E-state index contributed by atoms with van der Waals surface area (Å²) in [4.78, 5) is 11.6. The van der Waals surface area contributed by atoms with E-state index in [4.69, 9.17) is 10.5 Å². The third kappa shape index (κ3) is 3.57. The summed E-state index contributed by atoms with van der Waals surface area (Å²) in [5.41, 5.74) is 6.61. The van der Waals surface area contributed by atoms with Crippen LogP contribution in [0.4, 0.5) is 23.4 Å². The van der Waals surface area contributed by atoms with Gasteiger partial charge in [0.25, 0.3) is 5.91 Å². The number of nitrogen functional groups attached to an aromatic ring is 1. The number of aromatic nitrogens is 2. The summed E-state index contributed by atoms with van der Waals surface area (Å²) in [6.45, 7) is 0.868. The number of nitrogens with zero attached hydrogens (tertiary/aromatic N) is 1. The maximum Gasteiger partial charge on any atom is 0.425 e. The summed E-state index contributed by atoms with van der Waals surface area (Å²) >= 11 is 0. The molecule has 0 saturated heterocycles. The zero-order valence-corrected chi connectivity index (χ0v) is 14.8. The number of rotatable bonds is 4. The van der Waals surface area contributed by atoms with Crippen molar-refractivity contribution < 1.29 is 27.1 Å². The molecule has 1 aromatic heterocycles. The van der Waals surface area contributed by atoms with E-state index in [-0.39, 0.29) is 22.5 Å². The molecule has 1 atom stereocenters. The number of hydrogen-bond donors (Lipinski definition) is 3. The Bertz CT molecular complexity index is 1050. The molecule has 0 aliphatic rings. The van der Waals surface area contributed by atoms with Crippen LogP contribution in [-0.4, -0.2) is 35.4 Å². The second-order valence-corrected chi connectivity index (χ2v) is 6.08. The number of fused-ring (bicyclic) bond motifs is 1. The van der Waals surface area contributed by atoms with E-state index in [1.54, 1.807) is 6.07 Å². The molecule has 28 heavy (non-hydrogen) atoms. The van der Waals surface area contributed by atoms with E-state index in [9.17, 15) is 22.4 Å². The minimum atomic E-state index is -4.58. The standard InChI is InChI=1S/C18H16F4N4O2/c1-8(18(20,21)22)28-14-7-10(6-13-15(14)16(23)26-25-13)9-3-4-11(12(19)5-9)17(27)24-2/h3-8H,1-2H3,(H,24,27)(H3,23,25,26)/t8-/m1/s1. The Morgan fingerprint density at radius 3 is 2.57 bits per heavy atom. The Labute approximate surface area is 156 Å². The lowest BCUT2D eigenvalue weighted by Crippen LogP contribution is -2.31. The number of aromatic amines is 1. The van der Waals surface area contributed by atoms with Crippen LogP contribution in [0.5, 0.6) is 5.75 Å². The van der Waals surface area contributed by atoms with Crippen LogP contribution in [0.3, 0.4) is 0 Å². The molecule has 10 heteroatoms. The number of anilines is 1. The maximum atomic E-state index is 14.3. The molecule has 4 N–H and O–H groups in total. The number of benzene rings is 2. The average molecular weight is 396 g/mol. The number of amides is 1. The smallest absolute Gasteiger partial charge is 0.425 e. The maximum absolute atomic E-state index is 14.3. The number of nitrogens with one attached hydrogen (secondary N) is 2. The third-order valence-corrected chi connectivity index (χ3v) is 4.19. The van der Waals surface area contributed by atoms with Gasteiger partial charge >= 0.3 is 6.18 Å². The first-order valence-corrected chi connectivity index (χ1v) is 8.14. The number of carbonyl (C=O) groups is 1. The highest BCUT2D eigenvalue weighted by molar-refractivity contribution is 5.98. The first-order chi connectivity index (χ1) is 13.1. The molecule has 6 nitrogen and oxygen atoms in total. The lowest BCUT2D eigenvalue weighted by atomic mass is 10.0.